The van der Waals surface area contributed by atoms with Crippen molar-refractivity contribution in [2.75, 3.05) is 6.54 Å². The molecule has 1 saturated heterocycles. The van der Waals surface area contributed by atoms with Gasteiger partial charge in [0.2, 0.25) is 0 Å². The lowest BCUT2D eigenvalue weighted by Gasteiger charge is -2.36. The van der Waals surface area contributed by atoms with Gasteiger partial charge in [0.1, 0.15) is 0 Å². The van der Waals surface area contributed by atoms with E-state index in [9.17, 15) is 0 Å². The predicted octanol–water partition coefficient (Wildman–Crippen LogP) is 3.62. The van der Waals surface area contributed by atoms with Crippen LogP contribution in [0.15, 0.2) is 0 Å². The second-order valence-electron chi connectivity index (χ2n) is 6.07. The second-order valence-corrected chi connectivity index (χ2v) is 6.07. The minimum absolute atomic E-state index is 0.0626. The fourth-order valence-corrected chi connectivity index (χ4v) is 3.74. The first kappa shape index (κ1) is 12.4. The van der Waals surface area contributed by atoms with Gasteiger partial charge in [0.05, 0.1) is 5.60 Å². The van der Waals surface area contributed by atoms with Crippen molar-refractivity contribution in [3.8, 4) is 0 Å². The smallest absolute Gasteiger partial charge is 0.0887 e. The Balaban J connectivity index is 2.05. The van der Waals surface area contributed by atoms with Crippen molar-refractivity contribution < 1.29 is 4.84 Å². The molecule has 94 valence electrons. The summed E-state index contributed by atoms with van der Waals surface area (Å²) in [5.41, 5.74) is 0.0626. The monoisotopic (exact) mass is 225 g/mol. The molecule has 2 aliphatic rings. The van der Waals surface area contributed by atoms with Crippen molar-refractivity contribution in [3.05, 3.63) is 0 Å². The normalized spacial score (nSPS) is 38.6. The van der Waals surface area contributed by atoms with Gasteiger partial charge in [0, 0.05) is 18.5 Å². The van der Waals surface area contributed by atoms with Crippen LogP contribution in [0.3, 0.4) is 0 Å². The summed E-state index contributed by atoms with van der Waals surface area (Å²) in [4.78, 5) is 6.10. The maximum absolute atomic E-state index is 6.10. The van der Waals surface area contributed by atoms with E-state index >= 15 is 0 Å². The first-order valence-corrected chi connectivity index (χ1v) is 7.04. The second kappa shape index (κ2) is 4.66. The zero-order valence-corrected chi connectivity index (χ0v) is 11.3. The molecule has 0 unspecified atom stereocenters. The molecule has 16 heavy (non-hydrogen) atoms. The number of hydrogen-bond acceptors (Lipinski definition) is 2. The largest absolute Gasteiger partial charge is 0.292 e. The standard InChI is InChI=1S/C14H27NO/c1-5-7-11-8-9-13-12(10-11)14(3,4)16-15(13)6-2/h11-13H,5-10H2,1-4H3/t11-,12-,13-/m1/s1. The molecule has 1 heterocycles. The molecule has 0 N–H and O–H groups in total. The molecule has 0 radical (unpaired) electrons. The van der Waals surface area contributed by atoms with E-state index in [1.807, 2.05) is 0 Å². The maximum atomic E-state index is 6.10. The number of nitrogens with zero attached hydrogens (tertiary/aromatic N) is 1. The molecule has 2 fully saturated rings. The Hall–Kier alpha value is -0.0800. The first-order chi connectivity index (χ1) is 7.58. The highest BCUT2D eigenvalue weighted by Gasteiger charge is 2.50. The van der Waals surface area contributed by atoms with Crippen LogP contribution >= 0.6 is 0 Å². The van der Waals surface area contributed by atoms with Crippen molar-refractivity contribution in [1.82, 2.24) is 5.06 Å². The molecule has 0 amide bonds. The fraction of sp³-hybridized carbons (Fsp3) is 1.00. The third-order valence-corrected chi connectivity index (χ3v) is 4.55. The van der Waals surface area contributed by atoms with E-state index in [1.165, 1.54) is 32.1 Å². The molecule has 2 heteroatoms. The molecule has 1 aliphatic carbocycles. The van der Waals surface area contributed by atoms with Crippen LogP contribution in [0.25, 0.3) is 0 Å². The summed E-state index contributed by atoms with van der Waals surface area (Å²) in [5, 5.41) is 2.24. The topological polar surface area (TPSA) is 12.5 Å². The van der Waals surface area contributed by atoms with Crippen molar-refractivity contribution in [1.29, 1.82) is 0 Å². The van der Waals surface area contributed by atoms with E-state index in [0.717, 1.165) is 18.4 Å². The molecular weight excluding hydrogens is 198 g/mol. The van der Waals surface area contributed by atoms with Crippen LogP contribution < -0.4 is 0 Å². The van der Waals surface area contributed by atoms with E-state index < -0.39 is 0 Å². The van der Waals surface area contributed by atoms with Crippen LogP contribution in [0, 0.1) is 11.8 Å². The minimum Gasteiger partial charge on any atom is -0.292 e. The van der Waals surface area contributed by atoms with Gasteiger partial charge in [-0.1, -0.05) is 26.7 Å². The van der Waals surface area contributed by atoms with Gasteiger partial charge in [-0.3, -0.25) is 4.84 Å². The van der Waals surface area contributed by atoms with Gasteiger partial charge in [0.25, 0.3) is 0 Å². The van der Waals surface area contributed by atoms with Gasteiger partial charge in [-0.05, 0) is 39.0 Å². The number of hydroxylamine groups is 2. The van der Waals surface area contributed by atoms with E-state index in [1.54, 1.807) is 0 Å². The molecule has 0 aromatic rings. The highest BCUT2D eigenvalue weighted by atomic mass is 16.7. The summed E-state index contributed by atoms with van der Waals surface area (Å²) in [7, 11) is 0. The van der Waals surface area contributed by atoms with E-state index in [4.69, 9.17) is 4.84 Å². The first-order valence-electron chi connectivity index (χ1n) is 7.04. The minimum atomic E-state index is 0.0626. The summed E-state index contributed by atoms with van der Waals surface area (Å²) in [6.07, 6.45) is 6.87. The molecule has 0 bridgehead atoms. The van der Waals surface area contributed by atoms with Crippen LogP contribution in [0.4, 0.5) is 0 Å². The van der Waals surface area contributed by atoms with Crippen LogP contribution in [0.2, 0.25) is 0 Å². The molecule has 1 aliphatic heterocycles. The summed E-state index contributed by atoms with van der Waals surface area (Å²) >= 11 is 0. The van der Waals surface area contributed by atoms with Crippen LogP contribution in [-0.4, -0.2) is 23.3 Å². The Labute approximate surface area is 100 Å². The number of hydrogen-bond donors (Lipinski definition) is 0. The molecule has 0 spiro atoms. The molecule has 2 rings (SSSR count). The Bertz CT molecular complexity index is 239. The van der Waals surface area contributed by atoms with Gasteiger partial charge in [-0.2, -0.15) is 5.06 Å². The SMILES string of the molecule is CCC[C@@H]1CC[C@@H]2[C@@H](C1)C(C)(C)ON2CC. The zero-order chi connectivity index (χ0) is 11.8. The summed E-state index contributed by atoms with van der Waals surface area (Å²) in [5.74, 6) is 1.70. The molecule has 0 aromatic heterocycles. The van der Waals surface area contributed by atoms with E-state index in [0.29, 0.717) is 6.04 Å². The van der Waals surface area contributed by atoms with E-state index in [2.05, 4.69) is 32.8 Å². The van der Waals surface area contributed by atoms with Gasteiger partial charge < -0.3 is 0 Å². The van der Waals surface area contributed by atoms with Crippen molar-refractivity contribution in [3.63, 3.8) is 0 Å². The Morgan fingerprint density at radius 1 is 1.25 bits per heavy atom. The molecule has 2 nitrogen and oxygen atoms in total. The lowest BCUT2D eigenvalue weighted by molar-refractivity contribution is -0.192. The molecular formula is C14H27NO. The lowest BCUT2D eigenvalue weighted by atomic mass is 9.71. The molecule has 1 saturated carbocycles. The van der Waals surface area contributed by atoms with Gasteiger partial charge in [0.15, 0.2) is 0 Å². The molecule has 3 atom stereocenters. The van der Waals surface area contributed by atoms with Crippen LogP contribution in [0.1, 0.15) is 59.8 Å². The Morgan fingerprint density at radius 2 is 2.00 bits per heavy atom. The van der Waals surface area contributed by atoms with Crippen molar-refractivity contribution >= 4 is 0 Å². The summed E-state index contributed by atoms with van der Waals surface area (Å²) in [6, 6.07) is 0.688. The summed E-state index contributed by atoms with van der Waals surface area (Å²) < 4.78 is 0. The van der Waals surface area contributed by atoms with Crippen LogP contribution in [-0.2, 0) is 4.84 Å². The molecule has 0 aromatic carbocycles. The van der Waals surface area contributed by atoms with Gasteiger partial charge in [-0.25, -0.2) is 0 Å². The zero-order valence-electron chi connectivity index (χ0n) is 11.3. The van der Waals surface area contributed by atoms with Crippen molar-refractivity contribution in [2.24, 2.45) is 11.8 Å². The average Bonchev–Trinajstić information content (AvgIpc) is 2.51. The van der Waals surface area contributed by atoms with Crippen molar-refractivity contribution in [2.45, 2.75) is 71.4 Å². The lowest BCUT2D eigenvalue weighted by Crippen LogP contribution is -2.39. The highest BCUT2D eigenvalue weighted by molar-refractivity contribution is 4.97. The maximum Gasteiger partial charge on any atom is 0.0887 e. The third-order valence-electron chi connectivity index (χ3n) is 4.55. The van der Waals surface area contributed by atoms with Crippen LogP contribution in [0.5, 0.6) is 0 Å². The highest BCUT2D eigenvalue weighted by Crippen LogP contribution is 2.46. The summed E-state index contributed by atoms with van der Waals surface area (Å²) in [6.45, 7) is 10.1. The Morgan fingerprint density at radius 3 is 2.62 bits per heavy atom. The quantitative estimate of drug-likeness (QED) is 0.727. The third kappa shape index (κ3) is 2.14. The number of rotatable bonds is 3. The predicted molar refractivity (Wildman–Crippen MR) is 67.1 cm³/mol. The van der Waals surface area contributed by atoms with E-state index in [-0.39, 0.29) is 5.60 Å². The van der Waals surface area contributed by atoms with Gasteiger partial charge >= 0.3 is 0 Å². The number of fused-ring (bicyclic) bond motifs is 1. The fourth-order valence-electron chi connectivity index (χ4n) is 3.74. The average molecular weight is 225 g/mol. The van der Waals surface area contributed by atoms with Gasteiger partial charge in [-0.15, -0.1) is 0 Å². The Kier molecular flexibility index (Phi) is 3.60.